The van der Waals surface area contributed by atoms with Crippen LogP contribution in [-0.4, -0.2) is 17.8 Å². The molecule has 1 atom stereocenters. The van der Waals surface area contributed by atoms with Crippen molar-refractivity contribution in [3.63, 3.8) is 0 Å². The van der Waals surface area contributed by atoms with Crippen LogP contribution in [0.15, 0.2) is 54.6 Å². The minimum atomic E-state index is -0.625. The lowest BCUT2D eigenvalue weighted by molar-refractivity contribution is 0.0504. The van der Waals surface area contributed by atoms with Crippen LogP contribution < -0.4 is 0 Å². The molecular formula is C15H17NO2. The summed E-state index contributed by atoms with van der Waals surface area (Å²) >= 11 is 0. The molecule has 0 aliphatic carbocycles. The monoisotopic (exact) mass is 243 g/mol. The predicted octanol–water partition coefficient (Wildman–Crippen LogP) is 2.59. The summed E-state index contributed by atoms with van der Waals surface area (Å²) in [7, 11) is 0. The summed E-state index contributed by atoms with van der Waals surface area (Å²) < 4.78 is 5.38. The fourth-order valence-corrected chi connectivity index (χ4v) is 1.32. The minimum absolute atomic E-state index is 0.261. The zero-order valence-corrected chi connectivity index (χ0v) is 10.2. The van der Waals surface area contributed by atoms with Crippen LogP contribution >= 0.6 is 0 Å². The van der Waals surface area contributed by atoms with Gasteiger partial charge >= 0.3 is 0 Å². The third kappa shape index (κ3) is 6.64. The van der Waals surface area contributed by atoms with E-state index in [0.717, 1.165) is 5.56 Å². The van der Waals surface area contributed by atoms with Crippen LogP contribution in [0.3, 0.4) is 0 Å². The SMILES string of the molecule is N#CC/C=C/C=C/[C@H](O)COCc1ccccc1. The van der Waals surface area contributed by atoms with E-state index in [1.807, 2.05) is 36.4 Å². The van der Waals surface area contributed by atoms with E-state index in [9.17, 15) is 5.11 Å². The van der Waals surface area contributed by atoms with Gasteiger partial charge < -0.3 is 9.84 Å². The lowest BCUT2D eigenvalue weighted by Crippen LogP contribution is -2.11. The second-order valence-corrected chi connectivity index (χ2v) is 3.74. The van der Waals surface area contributed by atoms with E-state index in [-0.39, 0.29) is 6.61 Å². The molecule has 0 unspecified atom stereocenters. The van der Waals surface area contributed by atoms with E-state index < -0.39 is 6.10 Å². The summed E-state index contributed by atoms with van der Waals surface area (Å²) in [4.78, 5) is 0. The summed E-state index contributed by atoms with van der Waals surface area (Å²) in [5.41, 5.74) is 1.09. The number of rotatable bonds is 7. The molecule has 0 saturated carbocycles. The number of hydrogen-bond donors (Lipinski definition) is 1. The van der Waals surface area contributed by atoms with Crippen LogP contribution in [0.2, 0.25) is 0 Å². The van der Waals surface area contributed by atoms with Gasteiger partial charge in [-0.05, 0) is 5.56 Å². The highest BCUT2D eigenvalue weighted by atomic mass is 16.5. The van der Waals surface area contributed by atoms with E-state index in [1.54, 1.807) is 24.3 Å². The lowest BCUT2D eigenvalue weighted by atomic mass is 10.2. The van der Waals surface area contributed by atoms with Crippen molar-refractivity contribution in [1.82, 2.24) is 0 Å². The average Bonchev–Trinajstić information content (AvgIpc) is 2.40. The number of ether oxygens (including phenoxy) is 1. The van der Waals surface area contributed by atoms with Gasteiger partial charge in [0.15, 0.2) is 0 Å². The van der Waals surface area contributed by atoms with Gasteiger partial charge in [0, 0.05) is 0 Å². The highest BCUT2D eigenvalue weighted by molar-refractivity contribution is 5.13. The number of hydrogen-bond acceptors (Lipinski definition) is 3. The smallest absolute Gasteiger partial charge is 0.0957 e. The Bertz CT molecular complexity index is 418. The van der Waals surface area contributed by atoms with Gasteiger partial charge in [-0.25, -0.2) is 0 Å². The van der Waals surface area contributed by atoms with Gasteiger partial charge in [0.05, 0.1) is 31.8 Å². The fourth-order valence-electron chi connectivity index (χ4n) is 1.32. The molecule has 3 heteroatoms. The van der Waals surface area contributed by atoms with Crippen molar-refractivity contribution in [2.45, 2.75) is 19.1 Å². The third-order valence-electron chi connectivity index (χ3n) is 2.19. The lowest BCUT2D eigenvalue weighted by Gasteiger charge is -2.06. The molecule has 94 valence electrons. The van der Waals surface area contributed by atoms with E-state index >= 15 is 0 Å². The Hall–Kier alpha value is -1.89. The molecule has 18 heavy (non-hydrogen) atoms. The van der Waals surface area contributed by atoms with Crippen molar-refractivity contribution in [3.05, 3.63) is 60.2 Å². The van der Waals surface area contributed by atoms with E-state index in [4.69, 9.17) is 10.00 Å². The molecule has 1 N–H and O–H groups in total. The molecule has 0 aliphatic rings. The van der Waals surface area contributed by atoms with Crippen molar-refractivity contribution in [2.24, 2.45) is 0 Å². The van der Waals surface area contributed by atoms with Crippen LogP contribution in [0, 0.1) is 11.3 Å². The Morgan fingerprint density at radius 1 is 1.28 bits per heavy atom. The molecule has 1 aromatic carbocycles. The van der Waals surface area contributed by atoms with Crippen molar-refractivity contribution < 1.29 is 9.84 Å². The molecule has 1 aromatic rings. The van der Waals surface area contributed by atoms with Crippen molar-refractivity contribution in [3.8, 4) is 6.07 Å². The quantitative estimate of drug-likeness (QED) is 0.749. The number of aliphatic hydroxyl groups is 1. The first-order valence-electron chi connectivity index (χ1n) is 5.83. The standard InChI is InChI=1S/C15H17NO2/c16-11-7-2-1-6-10-15(17)13-18-12-14-8-4-3-5-9-14/h1-6,8-10,15,17H,7,12-13H2/b2-1+,10-6+/t15-/m0/s1. The maximum atomic E-state index is 9.57. The summed E-state index contributed by atoms with van der Waals surface area (Å²) in [6, 6.07) is 11.8. The summed E-state index contributed by atoms with van der Waals surface area (Å²) in [5.74, 6) is 0. The second-order valence-electron chi connectivity index (χ2n) is 3.74. The first-order chi connectivity index (χ1) is 8.83. The fraction of sp³-hybridized carbons (Fsp3) is 0.267. The average molecular weight is 243 g/mol. The zero-order chi connectivity index (χ0) is 13.1. The van der Waals surface area contributed by atoms with E-state index in [2.05, 4.69) is 0 Å². The van der Waals surface area contributed by atoms with Crippen LogP contribution in [0.4, 0.5) is 0 Å². The summed E-state index contributed by atoms with van der Waals surface area (Å²) in [6.07, 6.45) is 6.58. The molecule has 3 nitrogen and oxygen atoms in total. The molecule has 0 heterocycles. The van der Waals surface area contributed by atoms with E-state index in [0.29, 0.717) is 13.0 Å². The largest absolute Gasteiger partial charge is 0.387 e. The second kappa shape index (κ2) is 9.17. The molecular weight excluding hydrogens is 226 g/mol. The highest BCUT2D eigenvalue weighted by Crippen LogP contribution is 2.01. The molecule has 0 amide bonds. The van der Waals surface area contributed by atoms with Gasteiger partial charge in [-0.2, -0.15) is 5.26 Å². The minimum Gasteiger partial charge on any atom is -0.387 e. The molecule has 0 radical (unpaired) electrons. The highest BCUT2D eigenvalue weighted by Gasteiger charge is 1.98. The number of allylic oxidation sites excluding steroid dienone is 3. The summed E-state index contributed by atoms with van der Waals surface area (Å²) in [5, 5.41) is 17.9. The topological polar surface area (TPSA) is 53.2 Å². The normalized spacial score (nSPS) is 12.9. The van der Waals surface area contributed by atoms with Crippen LogP contribution in [0.25, 0.3) is 0 Å². The van der Waals surface area contributed by atoms with E-state index in [1.165, 1.54) is 0 Å². The van der Waals surface area contributed by atoms with Crippen LogP contribution in [0.5, 0.6) is 0 Å². The van der Waals surface area contributed by atoms with Crippen LogP contribution in [0.1, 0.15) is 12.0 Å². The Balaban J connectivity index is 2.17. The maximum absolute atomic E-state index is 9.57. The number of nitriles is 1. The Morgan fingerprint density at radius 2 is 2.06 bits per heavy atom. The molecule has 0 aliphatic heterocycles. The molecule has 0 spiro atoms. The number of nitrogens with zero attached hydrogens (tertiary/aromatic N) is 1. The molecule has 0 saturated heterocycles. The van der Waals surface area contributed by atoms with Gasteiger partial charge in [-0.1, -0.05) is 54.6 Å². The Labute approximate surface area is 108 Å². The Morgan fingerprint density at radius 3 is 2.78 bits per heavy atom. The van der Waals surface area contributed by atoms with Gasteiger partial charge in [0.2, 0.25) is 0 Å². The number of benzene rings is 1. The first kappa shape index (κ1) is 14.2. The first-order valence-corrected chi connectivity index (χ1v) is 5.83. The van der Waals surface area contributed by atoms with Crippen molar-refractivity contribution in [1.29, 1.82) is 5.26 Å². The Kier molecular flexibility index (Phi) is 7.22. The van der Waals surface area contributed by atoms with Gasteiger partial charge in [0.1, 0.15) is 0 Å². The van der Waals surface area contributed by atoms with Crippen molar-refractivity contribution >= 4 is 0 Å². The molecule has 1 rings (SSSR count). The third-order valence-corrected chi connectivity index (χ3v) is 2.19. The van der Waals surface area contributed by atoms with Gasteiger partial charge in [0.25, 0.3) is 0 Å². The predicted molar refractivity (Wildman–Crippen MR) is 70.6 cm³/mol. The van der Waals surface area contributed by atoms with Gasteiger partial charge in [-0.3, -0.25) is 0 Å². The van der Waals surface area contributed by atoms with Gasteiger partial charge in [-0.15, -0.1) is 0 Å². The molecule has 0 fully saturated rings. The maximum Gasteiger partial charge on any atom is 0.0957 e. The van der Waals surface area contributed by atoms with Crippen molar-refractivity contribution in [2.75, 3.05) is 6.61 Å². The summed E-state index contributed by atoms with van der Waals surface area (Å²) in [6.45, 7) is 0.757. The van der Waals surface area contributed by atoms with Crippen LogP contribution in [-0.2, 0) is 11.3 Å². The number of aliphatic hydroxyl groups excluding tert-OH is 1. The molecule has 0 aromatic heterocycles. The zero-order valence-electron chi connectivity index (χ0n) is 10.2. The molecule has 0 bridgehead atoms.